The van der Waals surface area contributed by atoms with E-state index in [9.17, 15) is 0 Å². The van der Waals surface area contributed by atoms with E-state index in [1.54, 1.807) is 45.3 Å². The number of aryl methyl sites for hydroxylation is 6. The number of fused-ring (bicyclic) bond motifs is 5. The van der Waals surface area contributed by atoms with Gasteiger partial charge in [-0.25, -0.2) is 0 Å². The van der Waals surface area contributed by atoms with Crippen molar-refractivity contribution in [3.63, 3.8) is 0 Å². The minimum absolute atomic E-state index is 0.886. The van der Waals surface area contributed by atoms with Crippen LogP contribution >= 0.6 is 180 Å². The molecule has 0 aliphatic rings. The molecule has 0 N–H and O–H groups in total. The molecule has 0 aliphatic heterocycles. The zero-order valence-corrected chi connectivity index (χ0v) is 51.3. The summed E-state index contributed by atoms with van der Waals surface area (Å²) in [6.45, 7) is 32.8. The summed E-state index contributed by atoms with van der Waals surface area (Å²) < 4.78 is 18.8. The third-order valence-corrected chi connectivity index (χ3v) is 21.4. The fourth-order valence-electron chi connectivity index (χ4n) is 4.74. The molecule has 0 saturated carbocycles. The first-order valence-electron chi connectivity index (χ1n) is 20.0. The summed E-state index contributed by atoms with van der Waals surface area (Å²) in [5, 5.41) is 6.42. The van der Waals surface area contributed by atoms with Crippen LogP contribution in [0.25, 0.3) is 47.0 Å². The SMILES string of the molecule is CC.CC.CC.CC.CC.Cc1c(Br)sc2ccsc12.Cc1cc2sc(Cl)c(C)c2s1.Cc1csc2cc(Br)sc12.Cc1sc2cc(Cl)sc2c1C.Clc1cc2sccc2s1. The Morgan fingerprint density at radius 1 is 0.426 bits per heavy atom. The Kier molecular flexibility index (Phi) is 30.2. The van der Waals surface area contributed by atoms with Crippen LogP contribution in [-0.2, 0) is 0 Å². The van der Waals surface area contributed by atoms with Gasteiger partial charge in [0.25, 0.3) is 0 Å². The Morgan fingerprint density at radius 2 is 0.984 bits per heavy atom. The van der Waals surface area contributed by atoms with E-state index in [1.165, 1.54) is 86.6 Å². The summed E-state index contributed by atoms with van der Waals surface area (Å²) in [7, 11) is 0. The zero-order chi connectivity index (χ0) is 46.6. The Bertz CT molecular complexity index is 2590. The molecule has 0 saturated heterocycles. The van der Waals surface area contributed by atoms with Crippen molar-refractivity contribution in [1.29, 1.82) is 0 Å². The molecule has 0 unspecified atom stereocenters. The molecular formula is C46H57Br2Cl3S10. The lowest BCUT2D eigenvalue weighted by Crippen LogP contribution is -1.64. The predicted molar refractivity (Wildman–Crippen MR) is 314 cm³/mol. The number of thiophene rings is 10. The second kappa shape index (κ2) is 31.2. The van der Waals surface area contributed by atoms with Gasteiger partial charge >= 0.3 is 0 Å². The molecule has 10 aromatic heterocycles. The second-order valence-electron chi connectivity index (χ2n) is 11.1. The van der Waals surface area contributed by atoms with E-state index >= 15 is 0 Å². The molecule has 0 aromatic carbocycles. The van der Waals surface area contributed by atoms with Crippen molar-refractivity contribution in [3.05, 3.63) is 105 Å². The quantitative estimate of drug-likeness (QED) is 0.142. The minimum Gasteiger partial charge on any atom is -0.143 e. The molecule has 0 atom stereocenters. The smallest absolute Gasteiger partial charge is 0.0978 e. The van der Waals surface area contributed by atoms with Gasteiger partial charge in [0.15, 0.2) is 0 Å². The molecule has 336 valence electrons. The van der Waals surface area contributed by atoms with Crippen molar-refractivity contribution in [1.82, 2.24) is 0 Å². The van der Waals surface area contributed by atoms with Crippen LogP contribution in [0, 0.1) is 41.5 Å². The van der Waals surface area contributed by atoms with Gasteiger partial charge in [-0.15, -0.1) is 113 Å². The predicted octanol–water partition coefficient (Wildman–Crippen LogP) is 25.3. The van der Waals surface area contributed by atoms with Crippen molar-refractivity contribution in [2.45, 2.75) is 111 Å². The van der Waals surface area contributed by atoms with E-state index in [0.717, 1.165) is 13.0 Å². The number of rotatable bonds is 0. The highest BCUT2D eigenvalue weighted by molar-refractivity contribution is 9.11. The summed E-state index contributed by atoms with van der Waals surface area (Å²) in [6, 6.07) is 12.7. The van der Waals surface area contributed by atoms with Crippen LogP contribution in [0.5, 0.6) is 0 Å². The molecule has 0 nitrogen and oxygen atoms in total. The van der Waals surface area contributed by atoms with E-state index in [0.29, 0.717) is 0 Å². The van der Waals surface area contributed by atoms with Gasteiger partial charge in [0.05, 0.1) is 20.6 Å². The largest absolute Gasteiger partial charge is 0.143 e. The van der Waals surface area contributed by atoms with Gasteiger partial charge in [-0.2, -0.15) is 0 Å². The van der Waals surface area contributed by atoms with Gasteiger partial charge < -0.3 is 0 Å². The van der Waals surface area contributed by atoms with Gasteiger partial charge in [-0.3, -0.25) is 0 Å². The molecule has 0 amide bonds. The van der Waals surface area contributed by atoms with Crippen LogP contribution in [-0.4, -0.2) is 0 Å². The summed E-state index contributed by atoms with van der Waals surface area (Å²) >= 11 is 42.2. The monoisotopic (exact) mass is 1190 g/mol. The Hall–Kier alpha value is 0.130. The van der Waals surface area contributed by atoms with Crippen LogP contribution in [0.15, 0.2) is 60.1 Å². The maximum atomic E-state index is 5.97. The Morgan fingerprint density at radius 3 is 1.56 bits per heavy atom. The molecule has 61 heavy (non-hydrogen) atoms. The average molecular weight is 1200 g/mol. The highest BCUT2D eigenvalue weighted by Gasteiger charge is 2.09. The molecule has 0 aliphatic carbocycles. The van der Waals surface area contributed by atoms with Crippen molar-refractivity contribution in [3.8, 4) is 0 Å². The van der Waals surface area contributed by atoms with E-state index in [1.807, 2.05) is 149 Å². The van der Waals surface area contributed by atoms with Crippen LogP contribution in [0.1, 0.15) is 101 Å². The first-order valence-corrected chi connectivity index (χ1v) is 31.0. The average Bonchev–Trinajstić information content (AvgIpc) is 4.16. The standard InChI is InChI=1S/2C8H7ClS2.2C7H5BrS2.C6H3ClS2.5C2H6/c1-4-5(2)10-6-3-7(9)11-8(4)6;1-4-3-6-7(10-4)5(2)8(9)11-6;1-4-3-9-5-2-6(8)10-7(4)5;1-4-6-5(2-3-9-6)10-7(4)8;7-6-3-5-4(9-6)1-2-8-5;5*1-2/h2*3H,1-2H3;2*2-3H,1H3;1-3H;5*1-2H3. The summed E-state index contributed by atoms with van der Waals surface area (Å²) in [4.78, 5) is 2.77. The highest BCUT2D eigenvalue weighted by Crippen LogP contribution is 2.41. The molecule has 0 radical (unpaired) electrons. The zero-order valence-electron chi connectivity index (χ0n) is 37.7. The third kappa shape index (κ3) is 17.1. The molecule has 10 rings (SSSR count). The Labute approximate surface area is 437 Å². The molecule has 0 spiro atoms. The molecule has 15 heteroatoms. The summed E-state index contributed by atoms with van der Waals surface area (Å²) in [6.07, 6.45) is 0. The van der Waals surface area contributed by atoms with Crippen LogP contribution in [0.2, 0.25) is 13.0 Å². The van der Waals surface area contributed by atoms with Gasteiger partial charge in [-0.05, 0) is 148 Å². The lowest BCUT2D eigenvalue weighted by Gasteiger charge is -1.84. The summed E-state index contributed by atoms with van der Waals surface area (Å²) in [5.41, 5.74) is 5.41. The fourth-order valence-corrected chi connectivity index (χ4v) is 18.1. The number of hydrogen-bond donors (Lipinski definition) is 0. The van der Waals surface area contributed by atoms with Crippen LogP contribution < -0.4 is 0 Å². The molecule has 0 bridgehead atoms. The van der Waals surface area contributed by atoms with E-state index in [-0.39, 0.29) is 0 Å². The van der Waals surface area contributed by atoms with E-state index < -0.39 is 0 Å². The molecule has 10 heterocycles. The number of halogens is 5. The second-order valence-corrected chi connectivity index (χ2v) is 26.2. The lowest BCUT2D eigenvalue weighted by molar-refractivity contribution is 1.48. The third-order valence-electron chi connectivity index (χ3n) is 7.42. The first-order chi connectivity index (χ1) is 29.3. The fraction of sp³-hybridized carbons (Fsp3) is 0.348. The van der Waals surface area contributed by atoms with Gasteiger partial charge in [0.1, 0.15) is 0 Å². The maximum absolute atomic E-state index is 5.97. The lowest BCUT2D eigenvalue weighted by atomic mass is 10.3. The highest BCUT2D eigenvalue weighted by atomic mass is 79.9. The van der Waals surface area contributed by atoms with Crippen molar-refractivity contribution in [2.75, 3.05) is 0 Å². The van der Waals surface area contributed by atoms with Crippen LogP contribution in [0.4, 0.5) is 0 Å². The molecule has 0 fully saturated rings. The summed E-state index contributed by atoms with van der Waals surface area (Å²) in [5.74, 6) is 0. The van der Waals surface area contributed by atoms with Crippen molar-refractivity contribution >= 4 is 227 Å². The maximum Gasteiger partial charge on any atom is 0.0978 e. The first kappa shape index (κ1) is 59.1. The normalized spacial score (nSPS) is 9.72. The Balaban J connectivity index is 0.000000362. The minimum atomic E-state index is 0.886. The van der Waals surface area contributed by atoms with E-state index in [4.69, 9.17) is 34.8 Å². The topological polar surface area (TPSA) is 0 Å². The molecular weight excluding hydrogens is 1140 g/mol. The van der Waals surface area contributed by atoms with Gasteiger partial charge in [0.2, 0.25) is 0 Å². The van der Waals surface area contributed by atoms with Gasteiger partial charge in [0, 0.05) is 56.8 Å². The van der Waals surface area contributed by atoms with Gasteiger partial charge in [-0.1, -0.05) is 104 Å². The van der Waals surface area contributed by atoms with Crippen molar-refractivity contribution < 1.29 is 0 Å². The van der Waals surface area contributed by atoms with Crippen molar-refractivity contribution in [2.24, 2.45) is 0 Å². The number of hydrogen-bond acceptors (Lipinski definition) is 10. The van der Waals surface area contributed by atoms with E-state index in [2.05, 4.69) is 114 Å². The molecule has 10 aromatic rings. The van der Waals surface area contributed by atoms with Crippen LogP contribution in [0.3, 0.4) is 0 Å².